The first kappa shape index (κ1) is 14.9. The summed E-state index contributed by atoms with van der Waals surface area (Å²) in [5.41, 5.74) is 9.62. The normalized spacial score (nSPS) is 12.2. The molecule has 0 radical (unpaired) electrons. The van der Waals surface area contributed by atoms with Crippen molar-refractivity contribution in [1.82, 2.24) is 0 Å². The molecule has 2 nitrogen and oxygen atoms in total. The van der Waals surface area contributed by atoms with E-state index in [1.54, 1.807) is 0 Å². The smallest absolute Gasteiger partial charge is 0.0665 e. The van der Waals surface area contributed by atoms with Gasteiger partial charge in [0.25, 0.3) is 0 Å². The molecule has 0 aliphatic heterocycles. The number of hydrogen-bond donors (Lipinski definition) is 1. The maximum atomic E-state index is 6.10. The number of aryl methyl sites for hydroxylation is 1. The zero-order chi connectivity index (χ0) is 14.5. The van der Waals surface area contributed by atoms with E-state index < -0.39 is 0 Å². The van der Waals surface area contributed by atoms with Crippen LogP contribution in [0.3, 0.4) is 0 Å². The lowest BCUT2D eigenvalue weighted by Crippen LogP contribution is -2.33. The molecule has 0 saturated heterocycles. The van der Waals surface area contributed by atoms with Crippen molar-refractivity contribution in [3.05, 3.63) is 64.7 Å². The minimum absolute atomic E-state index is 0.140. The van der Waals surface area contributed by atoms with Crippen LogP contribution in [0.5, 0.6) is 0 Å². The Morgan fingerprint density at radius 1 is 1.15 bits per heavy atom. The van der Waals surface area contributed by atoms with Crippen LogP contribution in [0.2, 0.25) is 5.02 Å². The summed E-state index contributed by atoms with van der Waals surface area (Å²) in [5, 5.41) is 0.751. The molecule has 0 heterocycles. The largest absolute Gasteiger partial charge is 0.363 e. The fraction of sp³-hybridized carbons (Fsp3) is 0.294. The first-order valence-electron chi connectivity index (χ1n) is 6.94. The van der Waals surface area contributed by atoms with Gasteiger partial charge in [0, 0.05) is 23.8 Å². The van der Waals surface area contributed by atoms with Gasteiger partial charge in [0.1, 0.15) is 0 Å². The average Bonchev–Trinajstić information content (AvgIpc) is 2.46. The van der Waals surface area contributed by atoms with Crippen LogP contribution in [0, 0.1) is 6.92 Å². The van der Waals surface area contributed by atoms with Crippen molar-refractivity contribution in [3.63, 3.8) is 0 Å². The number of nitrogens with two attached hydrogens (primary N) is 1. The molecule has 3 heteroatoms. The molecule has 0 fully saturated rings. The van der Waals surface area contributed by atoms with Gasteiger partial charge in [-0.15, -0.1) is 0 Å². The van der Waals surface area contributed by atoms with E-state index in [9.17, 15) is 0 Å². The first-order chi connectivity index (χ1) is 9.65. The van der Waals surface area contributed by atoms with Crippen LogP contribution in [0.1, 0.15) is 24.1 Å². The molecule has 0 amide bonds. The number of likely N-dealkylation sites (N-methyl/N-ethyl adjacent to an activating group) is 1. The molecule has 0 aliphatic carbocycles. The highest BCUT2D eigenvalue weighted by molar-refractivity contribution is 6.30. The van der Waals surface area contributed by atoms with E-state index in [0.717, 1.165) is 17.1 Å². The highest BCUT2D eigenvalue weighted by atomic mass is 35.5. The number of benzene rings is 2. The number of rotatable bonds is 5. The van der Waals surface area contributed by atoms with Crippen LogP contribution in [0.25, 0.3) is 0 Å². The highest BCUT2D eigenvalue weighted by Gasteiger charge is 2.18. The fourth-order valence-electron chi connectivity index (χ4n) is 2.48. The molecule has 2 aromatic carbocycles. The van der Waals surface area contributed by atoms with Gasteiger partial charge in [-0.2, -0.15) is 0 Å². The lowest BCUT2D eigenvalue weighted by atomic mass is 10.0. The highest BCUT2D eigenvalue weighted by Crippen LogP contribution is 2.28. The minimum Gasteiger partial charge on any atom is -0.363 e. The Labute approximate surface area is 126 Å². The van der Waals surface area contributed by atoms with Gasteiger partial charge in [-0.25, -0.2) is 0 Å². The summed E-state index contributed by atoms with van der Waals surface area (Å²) in [4.78, 5) is 2.31. The van der Waals surface area contributed by atoms with Gasteiger partial charge < -0.3 is 10.6 Å². The van der Waals surface area contributed by atoms with Gasteiger partial charge >= 0.3 is 0 Å². The van der Waals surface area contributed by atoms with E-state index in [0.29, 0.717) is 6.54 Å². The summed E-state index contributed by atoms with van der Waals surface area (Å²) >= 11 is 6.10. The zero-order valence-electron chi connectivity index (χ0n) is 12.0. The molecule has 0 bridgehead atoms. The van der Waals surface area contributed by atoms with Gasteiger partial charge in [-0.1, -0.05) is 41.4 Å². The molecule has 20 heavy (non-hydrogen) atoms. The van der Waals surface area contributed by atoms with Crippen LogP contribution in [0.15, 0.2) is 48.5 Å². The van der Waals surface area contributed by atoms with Crippen LogP contribution in [0.4, 0.5) is 5.69 Å². The van der Waals surface area contributed by atoms with E-state index >= 15 is 0 Å². The van der Waals surface area contributed by atoms with Crippen molar-refractivity contribution in [3.8, 4) is 0 Å². The Kier molecular flexibility index (Phi) is 5.05. The third-order valence-electron chi connectivity index (χ3n) is 3.54. The number of halogens is 1. The Morgan fingerprint density at radius 3 is 2.40 bits per heavy atom. The standard InChI is InChI=1S/C17H21ClN2/c1-3-20(16-9-7-13(2)8-10-16)17(12-19)14-5-4-6-15(18)11-14/h4-11,17H,3,12,19H2,1-2H3. The van der Waals surface area contributed by atoms with Crippen LogP contribution in [-0.4, -0.2) is 13.1 Å². The molecule has 0 saturated carbocycles. The van der Waals surface area contributed by atoms with Crippen molar-refractivity contribution in [2.75, 3.05) is 18.0 Å². The quantitative estimate of drug-likeness (QED) is 0.894. The molecule has 0 spiro atoms. The summed E-state index contributed by atoms with van der Waals surface area (Å²) in [5.74, 6) is 0. The van der Waals surface area contributed by atoms with Crippen LogP contribution < -0.4 is 10.6 Å². The minimum atomic E-state index is 0.140. The Balaban J connectivity index is 2.34. The maximum absolute atomic E-state index is 6.10. The van der Waals surface area contributed by atoms with Crippen molar-refractivity contribution >= 4 is 17.3 Å². The van der Waals surface area contributed by atoms with E-state index in [2.05, 4.69) is 49.1 Å². The first-order valence-corrected chi connectivity index (χ1v) is 7.32. The van der Waals surface area contributed by atoms with Crippen LogP contribution in [-0.2, 0) is 0 Å². The second kappa shape index (κ2) is 6.78. The molecule has 0 aromatic heterocycles. The Morgan fingerprint density at radius 2 is 1.85 bits per heavy atom. The average molecular weight is 289 g/mol. The summed E-state index contributed by atoms with van der Waals surface area (Å²) in [6.45, 7) is 5.70. The van der Waals surface area contributed by atoms with E-state index in [4.69, 9.17) is 17.3 Å². The zero-order valence-corrected chi connectivity index (χ0v) is 12.8. The predicted octanol–water partition coefficient (Wildman–Crippen LogP) is 4.17. The van der Waals surface area contributed by atoms with Gasteiger partial charge in [0.15, 0.2) is 0 Å². The summed E-state index contributed by atoms with van der Waals surface area (Å²) < 4.78 is 0. The molecular weight excluding hydrogens is 268 g/mol. The van der Waals surface area contributed by atoms with Crippen molar-refractivity contribution in [2.45, 2.75) is 19.9 Å². The summed E-state index contributed by atoms with van der Waals surface area (Å²) in [6, 6.07) is 16.6. The summed E-state index contributed by atoms with van der Waals surface area (Å²) in [7, 11) is 0. The van der Waals surface area contributed by atoms with Gasteiger partial charge in [-0.3, -0.25) is 0 Å². The monoisotopic (exact) mass is 288 g/mol. The summed E-state index contributed by atoms with van der Waals surface area (Å²) in [6.07, 6.45) is 0. The van der Waals surface area contributed by atoms with Crippen molar-refractivity contribution in [1.29, 1.82) is 0 Å². The Hall–Kier alpha value is -1.51. The molecule has 1 atom stereocenters. The molecule has 2 aromatic rings. The maximum Gasteiger partial charge on any atom is 0.0665 e. The second-order valence-corrected chi connectivity index (χ2v) is 5.36. The van der Waals surface area contributed by atoms with Crippen LogP contribution >= 0.6 is 11.6 Å². The SMILES string of the molecule is CCN(c1ccc(C)cc1)C(CN)c1cccc(Cl)c1. The molecule has 0 aliphatic rings. The number of anilines is 1. The Bertz CT molecular complexity index is 551. The molecule has 2 N–H and O–H groups in total. The van der Waals surface area contributed by atoms with Crippen molar-refractivity contribution < 1.29 is 0 Å². The van der Waals surface area contributed by atoms with E-state index in [1.807, 2.05) is 18.2 Å². The molecular formula is C17H21ClN2. The van der Waals surface area contributed by atoms with Crippen molar-refractivity contribution in [2.24, 2.45) is 5.73 Å². The fourth-order valence-corrected chi connectivity index (χ4v) is 2.68. The number of nitrogens with zero attached hydrogens (tertiary/aromatic N) is 1. The van der Waals surface area contributed by atoms with Gasteiger partial charge in [-0.05, 0) is 43.7 Å². The second-order valence-electron chi connectivity index (χ2n) is 4.93. The van der Waals surface area contributed by atoms with E-state index in [-0.39, 0.29) is 6.04 Å². The van der Waals surface area contributed by atoms with E-state index in [1.165, 1.54) is 11.3 Å². The number of hydrogen-bond acceptors (Lipinski definition) is 2. The third kappa shape index (κ3) is 3.33. The predicted molar refractivity (Wildman–Crippen MR) is 87.4 cm³/mol. The van der Waals surface area contributed by atoms with Gasteiger partial charge in [0.2, 0.25) is 0 Å². The van der Waals surface area contributed by atoms with Gasteiger partial charge in [0.05, 0.1) is 6.04 Å². The molecule has 2 rings (SSSR count). The third-order valence-corrected chi connectivity index (χ3v) is 3.77. The topological polar surface area (TPSA) is 29.3 Å². The lowest BCUT2D eigenvalue weighted by Gasteiger charge is -2.32. The lowest BCUT2D eigenvalue weighted by molar-refractivity contribution is 0.643. The molecule has 1 unspecified atom stereocenters. The molecule has 106 valence electrons.